The molecule has 1 amide bonds. The van der Waals surface area contributed by atoms with Crippen molar-refractivity contribution in [3.05, 3.63) is 70.1 Å². The number of amides is 1. The third kappa shape index (κ3) is 3.49. The molecule has 0 radical (unpaired) electrons. The number of hydrogen-bond donors (Lipinski definition) is 2. The molecular formula is C18H15NO3. The third-order valence-corrected chi connectivity index (χ3v) is 3.14. The maximum atomic E-state index is 11.9. The predicted molar refractivity (Wildman–Crippen MR) is 87.8 cm³/mol. The van der Waals surface area contributed by atoms with Crippen LogP contribution >= 0.6 is 0 Å². The standard InChI is InChI=1S/C18H15NO3/c1-12-6-5-7-14(13(12)2)10-11-17(20)19-16-9-4-3-8-15(16)18(21)22/h3-11H,1-2H2,(H,19,20)(H,21,22). The van der Waals surface area contributed by atoms with Crippen LogP contribution in [0.2, 0.25) is 0 Å². The summed E-state index contributed by atoms with van der Waals surface area (Å²) in [7, 11) is 0. The Bertz CT molecular complexity index is 853. The van der Waals surface area contributed by atoms with Crippen molar-refractivity contribution in [3.8, 4) is 0 Å². The highest BCUT2D eigenvalue weighted by atomic mass is 16.4. The van der Waals surface area contributed by atoms with Crippen LogP contribution in [-0.2, 0) is 4.79 Å². The largest absolute Gasteiger partial charge is 0.478 e. The molecule has 0 heterocycles. The van der Waals surface area contributed by atoms with Gasteiger partial charge in [0.1, 0.15) is 0 Å². The zero-order valence-electron chi connectivity index (χ0n) is 11.9. The molecule has 0 atom stereocenters. The number of anilines is 1. The number of carboxylic acids is 1. The van der Waals surface area contributed by atoms with E-state index >= 15 is 0 Å². The van der Waals surface area contributed by atoms with Gasteiger partial charge < -0.3 is 10.4 Å². The third-order valence-electron chi connectivity index (χ3n) is 3.14. The number of carboxylic acid groups (broad SMARTS) is 1. The number of benzene rings is 2. The molecule has 4 nitrogen and oxygen atoms in total. The molecule has 0 unspecified atom stereocenters. The number of nitrogens with one attached hydrogen (secondary N) is 1. The summed E-state index contributed by atoms with van der Waals surface area (Å²) in [5.74, 6) is -1.51. The minimum atomic E-state index is -1.09. The molecule has 22 heavy (non-hydrogen) atoms. The van der Waals surface area contributed by atoms with E-state index in [0.717, 1.165) is 16.0 Å². The van der Waals surface area contributed by atoms with Gasteiger partial charge in [-0.3, -0.25) is 4.79 Å². The molecule has 0 aliphatic carbocycles. The van der Waals surface area contributed by atoms with Gasteiger partial charge in [0, 0.05) is 6.08 Å². The van der Waals surface area contributed by atoms with Crippen molar-refractivity contribution in [1.82, 2.24) is 0 Å². The number of para-hydroxylation sites is 1. The van der Waals surface area contributed by atoms with Crippen molar-refractivity contribution in [1.29, 1.82) is 0 Å². The summed E-state index contributed by atoms with van der Waals surface area (Å²) in [5.41, 5.74) is 1.08. The quantitative estimate of drug-likeness (QED) is 0.846. The van der Waals surface area contributed by atoms with Crippen molar-refractivity contribution in [2.24, 2.45) is 0 Å². The van der Waals surface area contributed by atoms with Crippen molar-refractivity contribution < 1.29 is 14.7 Å². The fourth-order valence-electron chi connectivity index (χ4n) is 1.93. The van der Waals surface area contributed by atoms with Crippen LogP contribution in [0, 0.1) is 0 Å². The minimum absolute atomic E-state index is 0.0434. The van der Waals surface area contributed by atoms with E-state index in [1.807, 2.05) is 18.2 Å². The van der Waals surface area contributed by atoms with Crippen LogP contribution in [0.25, 0.3) is 19.2 Å². The number of aromatic carboxylic acids is 1. The molecule has 4 heteroatoms. The number of carbonyl (C=O) groups excluding carboxylic acids is 1. The highest BCUT2D eigenvalue weighted by Crippen LogP contribution is 2.14. The second-order valence-electron chi connectivity index (χ2n) is 4.66. The SMILES string of the molecule is C=c1cccc(C=CC(=O)Nc2ccccc2C(=O)O)c1=C. The van der Waals surface area contributed by atoms with Gasteiger partial charge in [-0.15, -0.1) is 0 Å². The van der Waals surface area contributed by atoms with E-state index in [1.54, 1.807) is 24.3 Å². The lowest BCUT2D eigenvalue weighted by molar-refractivity contribution is -0.111. The highest BCUT2D eigenvalue weighted by molar-refractivity contribution is 6.06. The summed E-state index contributed by atoms with van der Waals surface area (Å²) in [6.07, 6.45) is 2.96. The molecule has 0 spiro atoms. The van der Waals surface area contributed by atoms with Gasteiger partial charge in [0.25, 0.3) is 0 Å². The van der Waals surface area contributed by atoms with Gasteiger partial charge in [0.05, 0.1) is 11.3 Å². The summed E-state index contributed by atoms with van der Waals surface area (Å²) in [5, 5.41) is 13.2. The Morgan fingerprint density at radius 1 is 1.05 bits per heavy atom. The Kier molecular flexibility index (Phi) is 4.53. The molecule has 0 aliphatic heterocycles. The van der Waals surface area contributed by atoms with Gasteiger partial charge in [-0.2, -0.15) is 0 Å². The first-order valence-corrected chi connectivity index (χ1v) is 6.57. The normalized spacial score (nSPS) is 10.5. The van der Waals surface area contributed by atoms with Gasteiger partial charge in [-0.05, 0) is 34.2 Å². The molecule has 0 fully saturated rings. The van der Waals surface area contributed by atoms with E-state index < -0.39 is 11.9 Å². The lowest BCUT2D eigenvalue weighted by atomic mass is 10.1. The average Bonchev–Trinajstić information content (AvgIpc) is 2.49. The van der Waals surface area contributed by atoms with E-state index in [2.05, 4.69) is 18.5 Å². The van der Waals surface area contributed by atoms with E-state index in [1.165, 1.54) is 12.1 Å². The van der Waals surface area contributed by atoms with Crippen molar-refractivity contribution in [3.63, 3.8) is 0 Å². The van der Waals surface area contributed by atoms with Crippen molar-refractivity contribution in [2.75, 3.05) is 5.32 Å². The van der Waals surface area contributed by atoms with Crippen LogP contribution in [0.3, 0.4) is 0 Å². The van der Waals surface area contributed by atoms with E-state index in [-0.39, 0.29) is 11.3 Å². The molecule has 0 aromatic heterocycles. The first-order valence-electron chi connectivity index (χ1n) is 6.57. The summed E-state index contributed by atoms with van der Waals surface area (Å²) < 4.78 is 0. The fourth-order valence-corrected chi connectivity index (χ4v) is 1.93. The maximum absolute atomic E-state index is 11.9. The smallest absolute Gasteiger partial charge is 0.337 e. The zero-order valence-corrected chi connectivity index (χ0v) is 11.9. The summed E-state index contributed by atoms with van der Waals surface area (Å²) >= 11 is 0. The van der Waals surface area contributed by atoms with Gasteiger partial charge in [0.15, 0.2) is 0 Å². The molecular weight excluding hydrogens is 278 g/mol. The number of hydrogen-bond acceptors (Lipinski definition) is 2. The van der Waals surface area contributed by atoms with Gasteiger partial charge in [-0.1, -0.05) is 43.5 Å². The lowest BCUT2D eigenvalue weighted by Gasteiger charge is -2.05. The second kappa shape index (κ2) is 6.54. The average molecular weight is 293 g/mol. The molecule has 2 rings (SSSR count). The Hall–Kier alpha value is -3.14. The van der Waals surface area contributed by atoms with Gasteiger partial charge in [-0.25, -0.2) is 4.79 Å². The van der Waals surface area contributed by atoms with Crippen molar-refractivity contribution in [2.45, 2.75) is 0 Å². The maximum Gasteiger partial charge on any atom is 0.337 e. The van der Waals surface area contributed by atoms with Gasteiger partial charge >= 0.3 is 5.97 Å². The Morgan fingerprint density at radius 3 is 2.50 bits per heavy atom. The molecule has 2 aromatic rings. The lowest BCUT2D eigenvalue weighted by Crippen LogP contribution is -2.23. The zero-order chi connectivity index (χ0) is 16.1. The highest BCUT2D eigenvalue weighted by Gasteiger charge is 2.10. The van der Waals surface area contributed by atoms with Crippen LogP contribution in [0.4, 0.5) is 5.69 Å². The first kappa shape index (κ1) is 15.3. The molecule has 0 saturated heterocycles. The summed E-state index contributed by atoms with van der Waals surface area (Å²) in [4.78, 5) is 23.0. The number of carbonyl (C=O) groups is 2. The Morgan fingerprint density at radius 2 is 1.77 bits per heavy atom. The van der Waals surface area contributed by atoms with Crippen LogP contribution in [0.1, 0.15) is 15.9 Å². The van der Waals surface area contributed by atoms with Crippen LogP contribution < -0.4 is 15.8 Å². The van der Waals surface area contributed by atoms with Crippen LogP contribution in [0.15, 0.2) is 48.5 Å². The monoisotopic (exact) mass is 293 g/mol. The van der Waals surface area contributed by atoms with Crippen LogP contribution in [0.5, 0.6) is 0 Å². The summed E-state index contributed by atoms with van der Waals surface area (Å²) in [6.45, 7) is 7.74. The Labute approximate surface area is 127 Å². The van der Waals surface area contributed by atoms with Gasteiger partial charge in [0.2, 0.25) is 5.91 Å². The predicted octanol–water partition coefficient (Wildman–Crippen LogP) is 1.86. The fraction of sp³-hybridized carbons (Fsp3) is 0. The van der Waals surface area contributed by atoms with E-state index in [0.29, 0.717) is 0 Å². The van der Waals surface area contributed by atoms with E-state index in [9.17, 15) is 9.59 Å². The molecule has 110 valence electrons. The van der Waals surface area contributed by atoms with Crippen LogP contribution in [-0.4, -0.2) is 17.0 Å². The van der Waals surface area contributed by atoms with Crippen molar-refractivity contribution >= 4 is 36.8 Å². The first-order chi connectivity index (χ1) is 10.5. The topological polar surface area (TPSA) is 66.4 Å². The van der Waals surface area contributed by atoms with E-state index in [4.69, 9.17) is 5.11 Å². The summed E-state index contributed by atoms with van der Waals surface area (Å²) in [6, 6.07) is 11.7. The molecule has 2 N–H and O–H groups in total. The minimum Gasteiger partial charge on any atom is -0.478 e. The molecule has 2 aromatic carbocycles. The molecule has 0 saturated carbocycles. The molecule has 0 bridgehead atoms. The molecule has 0 aliphatic rings. The number of rotatable bonds is 4. The second-order valence-corrected chi connectivity index (χ2v) is 4.66. The Balaban J connectivity index is 2.19.